The minimum absolute atomic E-state index is 0.0476. The lowest BCUT2D eigenvalue weighted by Gasteiger charge is -2.26. The number of nitrogens with zero attached hydrogens (tertiary/aromatic N) is 1. The van der Waals surface area contributed by atoms with E-state index >= 15 is 0 Å². The van der Waals surface area contributed by atoms with E-state index in [9.17, 15) is 18.0 Å². The number of sulfonamides is 1. The summed E-state index contributed by atoms with van der Waals surface area (Å²) in [6.45, 7) is 5.10. The van der Waals surface area contributed by atoms with Crippen LogP contribution in [0.1, 0.15) is 55.5 Å². The zero-order valence-electron chi connectivity index (χ0n) is 18.9. The Morgan fingerprint density at radius 2 is 1.79 bits per heavy atom. The number of rotatable bonds is 8. The molecule has 1 saturated heterocycles. The van der Waals surface area contributed by atoms with Gasteiger partial charge in [-0.05, 0) is 54.7 Å². The molecule has 0 radical (unpaired) electrons. The van der Waals surface area contributed by atoms with E-state index in [1.807, 2.05) is 19.9 Å². The smallest absolute Gasteiger partial charge is 0.251 e. The molecular formula is C24H30ClN3O4S. The third kappa shape index (κ3) is 6.79. The maximum Gasteiger partial charge on any atom is 0.251 e. The van der Waals surface area contributed by atoms with E-state index in [2.05, 4.69) is 10.6 Å². The van der Waals surface area contributed by atoms with Gasteiger partial charge in [-0.2, -0.15) is 4.31 Å². The highest BCUT2D eigenvalue weighted by molar-refractivity contribution is 7.89. The Bertz CT molecular complexity index is 1110. The summed E-state index contributed by atoms with van der Waals surface area (Å²) in [4.78, 5) is 24.7. The summed E-state index contributed by atoms with van der Waals surface area (Å²) in [7, 11) is -3.76. The van der Waals surface area contributed by atoms with Crippen molar-refractivity contribution in [2.75, 3.05) is 18.4 Å². The number of piperidine rings is 1. The number of carbonyl (C=O) groups is 2. The van der Waals surface area contributed by atoms with Gasteiger partial charge in [0.1, 0.15) is 4.90 Å². The molecule has 1 heterocycles. The van der Waals surface area contributed by atoms with Crippen molar-refractivity contribution in [1.29, 1.82) is 0 Å². The SMILES string of the molecule is CC(C)CC(=O)Nc1cccc(CNC(=O)c2ccc(Cl)c(S(=O)(=O)N3CCCCC3)c2)c1. The van der Waals surface area contributed by atoms with Gasteiger partial charge in [-0.15, -0.1) is 0 Å². The zero-order chi connectivity index (χ0) is 24.0. The molecule has 0 spiro atoms. The van der Waals surface area contributed by atoms with Crippen molar-refractivity contribution in [2.24, 2.45) is 5.92 Å². The topological polar surface area (TPSA) is 95.6 Å². The first-order chi connectivity index (χ1) is 15.7. The Kier molecular flexibility index (Phi) is 8.51. The van der Waals surface area contributed by atoms with Crippen LogP contribution in [-0.4, -0.2) is 37.6 Å². The first-order valence-electron chi connectivity index (χ1n) is 11.1. The third-order valence-electron chi connectivity index (χ3n) is 5.38. The number of hydrogen-bond donors (Lipinski definition) is 2. The molecule has 2 amide bonds. The van der Waals surface area contributed by atoms with E-state index in [0.717, 1.165) is 24.8 Å². The van der Waals surface area contributed by atoms with Gasteiger partial charge in [0.15, 0.2) is 0 Å². The molecule has 0 bridgehead atoms. The van der Waals surface area contributed by atoms with Gasteiger partial charge >= 0.3 is 0 Å². The fourth-order valence-electron chi connectivity index (χ4n) is 3.71. The van der Waals surface area contributed by atoms with Gasteiger partial charge in [0.05, 0.1) is 5.02 Å². The fourth-order valence-corrected chi connectivity index (χ4v) is 5.73. The average Bonchev–Trinajstić information content (AvgIpc) is 2.78. The van der Waals surface area contributed by atoms with E-state index < -0.39 is 15.9 Å². The molecule has 0 saturated carbocycles. The highest BCUT2D eigenvalue weighted by atomic mass is 35.5. The van der Waals surface area contributed by atoms with Crippen LogP contribution in [0, 0.1) is 5.92 Å². The standard InChI is InChI=1S/C24H30ClN3O4S/c1-17(2)13-23(29)27-20-8-6-7-18(14-20)16-26-24(30)19-9-10-21(25)22(15-19)33(31,32)28-11-4-3-5-12-28/h6-10,14-15,17H,3-5,11-13,16H2,1-2H3,(H,26,30)(H,27,29). The lowest BCUT2D eigenvalue weighted by molar-refractivity contribution is -0.116. The van der Waals surface area contributed by atoms with Crippen molar-refractivity contribution in [3.05, 3.63) is 58.6 Å². The zero-order valence-corrected chi connectivity index (χ0v) is 20.5. The predicted molar refractivity (Wildman–Crippen MR) is 130 cm³/mol. The summed E-state index contributed by atoms with van der Waals surface area (Å²) >= 11 is 6.20. The van der Waals surface area contributed by atoms with Crippen LogP contribution in [0.5, 0.6) is 0 Å². The number of carbonyl (C=O) groups excluding carboxylic acids is 2. The van der Waals surface area contributed by atoms with Crippen LogP contribution in [0.4, 0.5) is 5.69 Å². The van der Waals surface area contributed by atoms with Crippen molar-refractivity contribution < 1.29 is 18.0 Å². The van der Waals surface area contributed by atoms with E-state index in [1.165, 1.54) is 22.5 Å². The highest BCUT2D eigenvalue weighted by Gasteiger charge is 2.28. The van der Waals surface area contributed by atoms with Gasteiger partial charge in [0, 0.05) is 37.3 Å². The van der Waals surface area contributed by atoms with Gasteiger partial charge < -0.3 is 10.6 Å². The molecule has 3 rings (SSSR count). The number of anilines is 1. The van der Waals surface area contributed by atoms with E-state index in [1.54, 1.807) is 18.2 Å². The first-order valence-corrected chi connectivity index (χ1v) is 13.0. The molecular weight excluding hydrogens is 462 g/mol. The van der Waals surface area contributed by atoms with Crippen LogP contribution in [0.15, 0.2) is 47.4 Å². The summed E-state index contributed by atoms with van der Waals surface area (Å²) in [5.74, 6) is -0.207. The molecule has 2 aromatic rings. The first kappa shape index (κ1) is 25.2. The highest BCUT2D eigenvalue weighted by Crippen LogP contribution is 2.28. The van der Waals surface area contributed by atoms with E-state index in [0.29, 0.717) is 25.2 Å². The molecule has 0 unspecified atom stereocenters. The summed E-state index contributed by atoms with van der Waals surface area (Å²) in [6.07, 6.45) is 3.06. The molecule has 33 heavy (non-hydrogen) atoms. The number of amides is 2. The molecule has 1 fully saturated rings. The van der Waals surface area contributed by atoms with Crippen molar-refractivity contribution in [2.45, 2.75) is 51.0 Å². The van der Waals surface area contributed by atoms with E-state index in [-0.39, 0.29) is 33.9 Å². The second kappa shape index (κ2) is 11.1. The minimum atomic E-state index is -3.76. The summed E-state index contributed by atoms with van der Waals surface area (Å²) in [5, 5.41) is 5.76. The van der Waals surface area contributed by atoms with Gasteiger partial charge in [-0.3, -0.25) is 9.59 Å². The molecule has 0 atom stereocenters. The summed E-state index contributed by atoms with van der Waals surface area (Å²) < 4.78 is 27.5. The van der Waals surface area contributed by atoms with Gasteiger partial charge in [0.25, 0.3) is 5.91 Å². The Morgan fingerprint density at radius 3 is 2.48 bits per heavy atom. The quantitative estimate of drug-likeness (QED) is 0.571. The number of hydrogen-bond acceptors (Lipinski definition) is 4. The van der Waals surface area contributed by atoms with Crippen LogP contribution < -0.4 is 10.6 Å². The predicted octanol–water partition coefficient (Wildman–Crippen LogP) is 4.43. The van der Waals surface area contributed by atoms with Crippen LogP contribution in [-0.2, 0) is 21.4 Å². The Hall–Kier alpha value is -2.42. The Balaban J connectivity index is 1.68. The van der Waals surface area contributed by atoms with Crippen LogP contribution in [0.2, 0.25) is 5.02 Å². The molecule has 1 aliphatic rings. The van der Waals surface area contributed by atoms with Gasteiger partial charge in [-0.1, -0.05) is 44.0 Å². The molecule has 178 valence electrons. The Labute approximate surface area is 200 Å². The molecule has 0 aliphatic carbocycles. The summed E-state index contributed by atoms with van der Waals surface area (Å²) in [6, 6.07) is 11.5. The lowest BCUT2D eigenvalue weighted by atomic mass is 10.1. The normalized spacial score (nSPS) is 14.8. The van der Waals surface area contributed by atoms with Gasteiger partial charge in [-0.25, -0.2) is 8.42 Å². The Morgan fingerprint density at radius 1 is 1.06 bits per heavy atom. The monoisotopic (exact) mass is 491 g/mol. The second-order valence-electron chi connectivity index (χ2n) is 8.64. The maximum atomic E-state index is 13.0. The molecule has 7 nitrogen and oxygen atoms in total. The van der Waals surface area contributed by atoms with E-state index in [4.69, 9.17) is 11.6 Å². The minimum Gasteiger partial charge on any atom is -0.348 e. The second-order valence-corrected chi connectivity index (χ2v) is 11.0. The van der Waals surface area contributed by atoms with Crippen molar-refractivity contribution >= 4 is 39.1 Å². The van der Waals surface area contributed by atoms with Crippen LogP contribution in [0.25, 0.3) is 0 Å². The number of benzene rings is 2. The molecule has 9 heteroatoms. The molecule has 0 aromatic heterocycles. The maximum absolute atomic E-state index is 13.0. The number of halogens is 1. The molecule has 2 N–H and O–H groups in total. The van der Waals surface area contributed by atoms with Crippen molar-refractivity contribution in [3.8, 4) is 0 Å². The van der Waals surface area contributed by atoms with Crippen molar-refractivity contribution in [3.63, 3.8) is 0 Å². The van der Waals surface area contributed by atoms with Crippen molar-refractivity contribution in [1.82, 2.24) is 9.62 Å². The molecule has 1 aliphatic heterocycles. The van der Waals surface area contributed by atoms with Crippen LogP contribution in [0.3, 0.4) is 0 Å². The summed E-state index contributed by atoms with van der Waals surface area (Å²) in [5.41, 5.74) is 1.69. The van der Waals surface area contributed by atoms with Gasteiger partial charge in [0.2, 0.25) is 15.9 Å². The number of nitrogens with one attached hydrogen (secondary N) is 2. The van der Waals surface area contributed by atoms with Crippen LogP contribution >= 0.6 is 11.6 Å². The molecule has 2 aromatic carbocycles. The largest absolute Gasteiger partial charge is 0.348 e. The third-order valence-corrected chi connectivity index (χ3v) is 7.76. The average molecular weight is 492 g/mol. The fraction of sp³-hybridized carbons (Fsp3) is 0.417. The lowest BCUT2D eigenvalue weighted by Crippen LogP contribution is -2.36.